The lowest BCUT2D eigenvalue weighted by Gasteiger charge is -2.36. The Hall–Kier alpha value is -2.16. The Labute approximate surface area is 149 Å². The first-order valence-electron chi connectivity index (χ1n) is 9.19. The molecule has 2 aromatic carbocycles. The molecule has 2 saturated carbocycles. The van der Waals surface area contributed by atoms with Crippen LogP contribution in [0.5, 0.6) is 0 Å². The third-order valence-electron chi connectivity index (χ3n) is 6.59. The van der Waals surface area contributed by atoms with Gasteiger partial charge in [0.05, 0.1) is 0 Å². The van der Waals surface area contributed by atoms with Gasteiger partial charge in [-0.1, -0.05) is 63.2 Å². The van der Waals surface area contributed by atoms with Crippen molar-refractivity contribution in [3.05, 3.63) is 48.0 Å². The molecule has 2 aliphatic carbocycles. The van der Waals surface area contributed by atoms with Crippen LogP contribution < -0.4 is 5.73 Å². The van der Waals surface area contributed by atoms with Gasteiger partial charge in [-0.2, -0.15) is 0 Å². The number of aliphatic imine (C=N–C) groups is 1. The van der Waals surface area contributed by atoms with Gasteiger partial charge < -0.3 is 5.73 Å². The van der Waals surface area contributed by atoms with Gasteiger partial charge in [0.1, 0.15) is 0 Å². The maximum atomic E-state index is 12.4. The van der Waals surface area contributed by atoms with E-state index in [0.29, 0.717) is 5.92 Å². The Kier molecular flexibility index (Phi) is 3.54. The molecule has 2 bridgehead atoms. The lowest BCUT2D eigenvalue weighted by molar-refractivity contribution is -0.119. The molecule has 0 aliphatic heterocycles. The van der Waals surface area contributed by atoms with Gasteiger partial charge in [0.15, 0.2) is 6.04 Å². The second-order valence-electron chi connectivity index (χ2n) is 8.57. The number of hydrogen-bond acceptors (Lipinski definition) is 2. The number of fused-ring (bicyclic) bond motifs is 3. The number of benzene rings is 2. The van der Waals surface area contributed by atoms with Crippen LogP contribution in [-0.2, 0) is 4.79 Å². The summed E-state index contributed by atoms with van der Waals surface area (Å²) < 4.78 is 0. The Morgan fingerprint density at radius 2 is 1.88 bits per heavy atom. The number of carbonyl (C=O) groups is 1. The van der Waals surface area contributed by atoms with Gasteiger partial charge in [0.2, 0.25) is 5.91 Å². The molecule has 0 saturated heterocycles. The first-order valence-corrected chi connectivity index (χ1v) is 9.19. The minimum Gasteiger partial charge on any atom is -0.368 e. The van der Waals surface area contributed by atoms with Crippen molar-refractivity contribution in [3.8, 4) is 0 Å². The van der Waals surface area contributed by atoms with E-state index in [2.05, 4.69) is 39.0 Å². The number of amides is 1. The quantitative estimate of drug-likeness (QED) is 0.872. The van der Waals surface area contributed by atoms with Crippen LogP contribution in [-0.4, -0.2) is 11.6 Å². The highest BCUT2D eigenvalue weighted by atomic mass is 16.1. The fraction of sp³-hybridized carbons (Fsp3) is 0.455. The normalized spacial score (nSPS) is 30.0. The second kappa shape index (κ2) is 5.42. The highest BCUT2D eigenvalue weighted by Crippen LogP contribution is 2.60. The molecule has 0 spiro atoms. The zero-order valence-corrected chi connectivity index (χ0v) is 15.3. The summed E-state index contributed by atoms with van der Waals surface area (Å²) in [5.74, 6) is 0.295. The van der Waals surface area contributed by atoms with Gasteiger partial charge in [0, 0.05) is 16.5 Å². The maximum absolute atomic E-state index is 12.4. The van der Waals surface area contributed by atoms with Crippen molar-refractivity contribution >= 4 is 22.4 Å². The van der Waals surface area contributed by atoms with Crippen molar-refractivity contribution in [2.75, 3.05) is 0 Å². The monoisotopic (exact) mass is 334 g/mol. The Bertz CT molecular complexity index is 870. The fourth-order valence-electron chi connectivity index (χ4n) is 5.27. The lowest BCUT2D eigenvalue weighted by Crippen LogP contribution is -2.37. The summed E-state index contributed by atoms with van der Waals surface area (Å²) in [6, 6.07) is 13.5. The molecule has 0 radical (unpaired) electrons. The SMILES string of the molecule is CC1(C)C(=N[C@H](C(N)=O)c2cccc3ccccc23)[C@]2(C)CC[C@H]1C2. The first kappa shape index (κ1) is 16.3. The third-order valence-corrected chi connectivity index (χ3v) is 6.59. The van der Waals surface area contributed by atoms with Gasteiger partial charge >= 0.3 is 0 Å². The summed E-state index contributed by atoms with van der Waals surface area (Å²) in [6.07, 6.45) is 3.61. The number of primary amides is 1. The Balaban J connectivity index is 1.87. The zero-order valence-electron chi connectivity index (χ0n) is 15.3. The molecule has 3 atom stereocenters. The largest absolute Gasteiger partial charge is 0.368 e. The highest BCUT2D eigenvalue weighted by Gasteiger charge is 2.57. The molecule has 25 heavy (non-hydrogen) atoms. The van der Waals surface area contributed by atoms with Gasteiger partial charge in [-0.15, -0.1) is 0 Å². The summed E-state index contributed by atoms with van der Waals surface area (Å²) in [4.78, 5) is 17.4. The van der Waals surface area contributed by atoms with E-state index in [1.165, 1.54) is 25.0 Å². The number of nitrogens with zero attached hydrogens (tertiary/aromatic N) is 1. The second-order valence-corrected chi connectivity index (χ2v) is 8.57. The Morgan fingerprint density at radius 3 is 2.56 bits per heavy atom. The van der Waals surface area contributed by atoms with Crippen LogP contribution in [0.2, 0.25) is 0 Å². The molecule has 2 aliphatic rings. The van der Waals surface area contributed by atoms with E-state index in [-0.39, 0.29) is 16.7 Å². The zero-order chi connectivity index (χ0) is 17.8. The molecule has 0 aromatic heterocycles. The van der Waals surface area contributed by atoms with Crippen molar-refractivity contribution in [1.29, 1.82) is 0 Å². The number of rotatable bonds is 3. The summed E-state index contributed by atoms with van der Waals surface area (Å²) in [6.45, 7) is 6.87. The van der Waals surface area contributed by atoms with E-state index in [1.54, 1.807) is 0 Å². The van der Waals surface area contributed by atoms with Crippen molar-refractivity contribution in [3.63, 3.8) is 0 Å². The summed E-state index contributed by atoms with van der Waals surface area (Å²) in [7, 11) is 0. The predicted molar refractivity (Wildman–Crippen MR) is 103 cm³/mol. The predicted octanol–water partition coefficient (Wildman–Crippen LogP) is 4.65. The van der Waals surface area contributed by atoms with Crippen LogP contribution in [0.1, 0.15) is 51.6 Å². The molecular weight excluding hydrogens is 308 g/mol. The molecule has 4 rings (SSSR count). The van der Waals surface area contributed by atoms with E-state index in [0.717, 1.165) is 16.3 Å². The molecule has 0 heterocycles. The van der Waals surface area contributed by atoms with Crippen LogP contribution >= 0.6 is 0 Å². The van der Waals surface area contributed by atoms with Crippen LogP contribution in [0.3, 0.4) is 0 Å². The van der Waals surface area contributed by atoms with Crippen LogP contribution in [0, 0.1) is 16.7 Å². The standard InChI is InChI=1S/C22H26N2O/c1-21(2)15-11-12-22(3,13-15)20(21)24-18(19(23)25)17-10-6-8-14-7-4-5-9-16(14)17/h4-10,15,18H,11-13H2,1-3H3,(H2,23,25)/t15-,18-,22+/m0/s1. The summed E-state index contributed by atoms with van der Waals surface area (Å²) >= 11 is 0. The van der Waals surface area contributed by atoms with Crippen molar-refractivity contribution in [1.82, 2.24) is 0 Å². The summed E-state index contributed by atoms with van der Waals surface area (Å²) in [5.41, 5.74) is 8.09. The fourth-order valence-corrected chi connectivity index (χ4v) is 5.27. The lowest BCUT2D eigenvalue weighted by atomic mass is 9.70. The molecule has 1 amide bonds. The van der Waals surface area contributed by atoms with Gasteiger partial charge in [-0.25, -0.2) is 0 Å². The highest BCUT2D eigenvalue weighted by molar-refractivity contribution is 6.00. The molecule has 130 valence electrons. The van der Waals surface area contributed by atoms with Gasteiger partial charge in [0.25, 0.3) is 0 Å². The van der Waals surface area contributed by atoms with Gasteiger partial charge in [-0.05, 0) is 41.5 Å². The van der Waals surface area contributed by atoms with Crippen LogP contribution in [0.4, 0.5) is 0 Å². The molecule has 0 unspecified atom stereocenters. The van der Waals surface area contributed by atoms with E-state index >= 15 is 0 Å². The van der Waals surface area contributed by atoms with Crippen LogP contribution in [0.25, 0.3) is 10.8 Å². The molecular formula is C22H26N2O. The molecule has 3 nitrogen and oxygen atoms in total. The molecule has 3 heteroatoms. The van der Waals surface area contributed by atoms with Gasteiger partial charge in [-0.3, -0.25) is 9.79 Å². The van der Waals surface area contributed by atoms with E-state index in [1.807, 2.05) is 24.3 Å². The smallest absolute Gasteiger partial charge is 0.246 e. The number of hydrogen-bond donors (Lipinski definition) is 1. The van der Waals surface area contributed by atoms with Crippen molar-refractivity contribution < 1.29 is 4.79 Å². The van der Waals surface area contributed by atoms with Crippen molar-refractivity contribution in [2.45, 2.75) is 46.1 Å². The first-order chi connectivity index (χ1) is 11.8. The minimum absolute atomic E-state index is 0.0469. The number of carbonyl (C=O) groups excluding carboxylic acids is 1. The number of nitrogens with two attached hydrogens (primary N) is 1. The van der Waals surface area contributed by atoms with Crippen molar-refractivity contribution in [2.24, 2.45) is 27.5 Å². The average molecular weight is 334 g/mol. The Morgan fingerprint density at radius 1 is 1.16 bits per heavy atom. The minimum atomic E-state index is -0.614. The van der Waals surface area contributed by atoms with Crippen LogP contribution in [0.15, 0.2) is 47.5 Å². The molecule has 2 fully saturated rings. The van der Waals surface area contributed by atoms with E-state index < -0.39 is 6.04 Å². The third kappa shape index (κ3) is 2.40. The summed E-state index contributed by atoms with van der Waals surface area (Å²) in [5, 5.41) is 2.18. The topological polar surface area (TPSA) is 55.4 Å². The van der Waals surface area contributed by atoms with E-state index in [4.69, 9.17) is 10.7 Å². The van der Waals surface area contributed by atoms with E-state index in [9.17, 15) is 4.79 Å². The molecule has 2 N–H and O–H groups in total. The molecule has 2 aromatic rings. The average Bonchev–Trinajstić information content (AvgIpc) is 3.05. The maximum Gasteiger partial charge on any atom is 0.246 e.